The molecule has 0 fully saturated rings. The highest BCUT2D eigenvalue weighted by atomic mass is 28.3. The molecule has 0 bridgehead atoms. The SMILES string of the molecule is C.C[Si](C)(C)CCOC(=O)c1ccccc1C=O.O=Cc1ccccc1C(=O)O. The molecule has 0 aliphatic carbocycles. The number of carboxylic acid groups (broad SMARTS) is 1. The molecular formula is C22H28O6Si. The molecule has 0 unspecified atom stereocenters. The van der Waals surface area contributed by atoms with E-state index in [2.05, 4.69) is 19.6 Å². The number of carbonyl (C=O) groups is 4. The van der Waals surface area contributed by atoms with E-state index in [-0.39, 0.29) is 18.6 Å². The normalized spacial score (nSPS) is 9.90. The minimum atomic E-state index is -1.19. The lowest BCUT2D eigenvalue weighted by Crippen LogP contribution is -2.23. The Balaban J connectivity index is 0.000000568. The molecule has 0 radical (unpaired) electrons. The van der Waals surface area contributed by atoms with E-state index < -0.39 is 20.0 Å². The first-order chi connectivity index (χ1) is 13.2. The zero-order valence-electron chi connectivity index (χ0n) is 16.2. The summed E-state index contributed by atoms with van der Waals surface area (Å²) in [7, 11) is -1.19. The molecule has 0 aliphatic heterocycles. The predicted molar refractivity (Wildman–Crippen MR) is 116 cm³/mol. The van der Waals surface area contributed by atoms with Crippen LogP contribution in [0, 0.1) is 0 Å². The first-order valence-electron chi connectivity index (χ1n) is 8.68. The molecule has 0 saturated carbocycles. The van der Waals surface area contributed by atoms with E-state index in [1.54, 1.807) is 36.4 Å². The Labute approximate surface area is 172 Å². The van der Waals surface area contributed by atoms with E-state index in [9.17, 15) is 19.2 Å². The fourth-order valence-corrected chi connectivity index (χ4v) is 2.82. The fraction of sp³-hybridized carbons (Fsp3) is 0.273. The third-order valence-electron chi connectivity index (χ3n) is 3.71. The molecule has 2 rings (SSSR count). The highest BCUT2D eigenvalue weighted by Crippen LogP contribution is 2.11. The first kappa shape index (κ1) is 25.9. The quantitative estimate of drug-likeness (QED) is 0.394. The molecule has 0 heterocycles. The van der Waals surface area contributed by atoms with E-state index in [0.717, 1.165) is 6.04 Å². The number of hydrogen-bond donors (Lipinski definition) is 1. The molecule has 156 valence electrons. The standard InChI is InChI=1S/C13H18O3Si.C8H6O3.CH4/c1-17(2,3)9-8-16-13(15)12-7-5-4-6-11(12)10-14;9-5-6-3-1-2-4-7(6)8(10)11;/h4-7,10H,8-9H2,1-3H3;1-5H,(H,10,11);1H4. The number of esters is 1. The van der Waals surface area contributed by atoms with Gasteiger partial charge in [0.1, 0.15) is 0 Å². The monoisotopic (exact) mass is 416 g/mol. The van der Waals surface area contributed by atoms with Gasteiger partial charge < -0.3 is 9.84 Å². The Kier molecular flexibility index (Phi) is 11.1. The van der Waals surface area contributed by atoms with E-state index in [1.807, 2.05) is 0 Å². The minimum Gasteiger partial charge on any atom is -0.478 e. The van der Waals surface area contributed by atoms with Crippen LogP contribution in [0.2, 0.25) is 25.7 Å². The van der Waals surface area contributed by atoms with Gasteiger partial charge in [-0.3, -0.25) is 9.59 Å². The number of benzene rings is 2. The maximum Gasteiger partial charge on any atom is 0.338 e. The molecule has 1 N–H and O–H groups in total. The van der Waals surface area contributed by atoms with E-state index >= 15 is 0 Å². The smallest absolute Gasteiger partial charge is 0.338 e. The second-order valence-corrected chi connectivity index (χ2v) is 12.8. The summed E-state index contributed by atoms with van der Waals surface area (Å²) < 4.78 is 5.18. The minimum absolute atomic E-state index is 0. The summed E-state index contributed by atoms with van der Waals surface area (Å²) in [5, 5.41) is 8.54. The molecule has 2 aromatic rings. The average Bonchev–Trinajstić information content (AvgIpc) is 2.67. The molecule has 7 heteroatoms. The maximum absolute atomic E-state index is 11.7. The summed E-state index contributed by atoms with van der Waals surface area (Å²) in [4.78, 5) is 43.2. The summed E-state index contributed by atoms with van der Waals surface area (Å²) in [6.45, 7) is 7.10. The Morgan fingerprint density at radius 3 is 1.76 bits per heavy atom. The second kappa shape index (κ2) is 12.4. The number of carbonyl (C=O) groups excluding carboxylic acids is 3. The molecule has 6 nitrogen and oxygen atoms in total. The summed E-state index contributed by atoms with van der Waals surface area (Å²) in [5.74, 6) is -1.49. The van der Waals surface area contributed by atoms with Crippen molar-refractivity contribution in [3.8, 4) is 0 Å². The van der Waals surface area contributed by atoms with Crippen molar-refractivity contribution in [3.05, 3.63) is 70.8 Å². The molecule has 0 saturated heterocycles. The summed E-state index contributed by atoms with van der Waals surface area (Å²) in [5.41, 5.74) is 0.978. The van der Waals surface area contributed by atoms with E-state index in [0.29, 0.717) is 30.3 Å². The number of aldehydes is 2. The van der Waals surface area contributed by atoms with Crippen molar-refractivity contribution in [2.45, 2.75) is 33.1 Å². The summed E-state index contributed by atoms with van der Waals surface area (Å²) in [6, 6.07) is 13.7. The number of rotatable bonds is 7. The number of ether oxygens (including phenoxy) is 1. The van der Waals surface area contributed by atoms with Gasteiger partial charge in [-0.2, -0.15) is 0 Å². The molecule has 0 aromatic heterocycles. The van der Waals surface area contributed by atoms with E-state index in [4.69, 9.17) is 9.84 Å². The first-order valence-corrected chi connectivity index (χ1v) is 12.4. The number of hydrogen-bond acceptors (Lipinski definition) is 5. The van der Waals surface area contributed by atoms with Crippen molar-refractivity contribution in [2.24, 2.45) is 0 Å². The van der Waals surface area contributed by atoms with Crippen LogP contribution in [0.15, 0.2) is 48.5 Å². The zero-order chi connectivity index (χ0) is 21.2. The Morgan fingerprint density at radius 2 is 1.34 bits per heavy atom. The molecular weight excluding hydrogens is 388 g/mol. The van der Waals surface area contributed by atoms with Gasteiger partial charge >= 0.3 is 11.9 Å². The lowest BCUT2D eigenvalue weighted by molar-refractivity contribution is 0.0522. The fourth-order valence-electron chi connectivity index (χ4n) is 2.11. The molecule has 0 aliphatic rings. The largest absolute Gasteiger partial charge is 0.478 e. The maximum atomic E-state index is 11.7. The highest BCUT2D eigenvalue weighted by molar-refractivity contribution is 6.76. The lowest BCUT2D eigenvalue weighted by atomic mass is 10.1. The third kappa shape index (κ3) is 9.12. The van der Waals surface area contributed by atoms with Crippen LogP contribution in [-0.4, -0.2) is 44.3 Å². The number of aromatic carboxylic acids is 1. The van der Waals surface area contributed by atoms with Crippen molar-refractivity contribution >= 4 is 32.6 Å². The second-order valence-electron chi connectivity index (χ2n) is 7.16. The predicted octanol–water partition coefficient (Wildman–Crippen LogP) is 4.83. The van der Waals surface area contributed by atoms with Crippen LogP contribution >= 0.6 is 0 Å². The molecule has 0 atom stereocenters. The van der Waals surface area contributed by atoms with Gasteiger partial charge in [-0.15, -0.1) is 0 Å². The van der Waals surface area contributed by atoms with Crippen LogP contribution in [-0.2, 0) is 4.74 Å². The molecule has 0 spiro atoms. The van der Waals surface area contributed by atoms with Gasteiger partial charge in [-0.25, -0.2) is 9.59 Å². The van der Waals surface area contributed by atoms with Gasteiger partial charge in [0.05, 0.1) is 17.7 Å². The highest BCUT2D eigenvalue weighted by Gasteiger charge is 2.16. The average molecular weight is 417 g/mol. The van der Waals surface area contributed by atoms with Crippen LogP contribution in [0.5, 0.6) is 0 Å². The van der Waals surface area contributed by atoms with Crippen molar-refractivity contribution in [1.82, 2.24) is 0 Å². The Bertz CT molecular complexity index is 839. The Hall–Kier alpha value is -3.06. The van der Waals surface area contributed by atoms with Crippen molar-refractivity contribution in [3.63, 3.8) is 0 Å². The van der Waals surface area contributed by atoms with Crippen LogP contribution in [0.1, 0.15) is 48.9 Å². The van der Waals surface area contributed by atoms with Crippen LogP contribution < -0.4 is 0 Å². The molecule has 0 amide bonds. The third-order valence-corrected chi connectivity index (χ3v) is 5.42. The van der Waals surface area contributed by atoms with Crippen molar-refractivity contribution < 1.29 is 29.0 Å². The van der Waals surface area contributed by atoms with Gasteiger partial charge in [0.2, 0.25) is 0 Å². The van der Waals surface area contributed by atoms with Gasteiger partial charge in [0, 0.05) is 19.2 Å². The summed E-state index contributed by atoms with van der Waals surface area (Å²) in [6.07, 6.45) is 1.21. The van der Waals surface area contributed by atoms with Gasteiger partial charge in [0.25, 0.3) is 0 Å². The van der Waals surface area contributed by atoms with E-state index in [1.165, 1.54) is 12.1 Å². The molecule has 2 aromatic carbocycles. The van der Waals surface area contributed by atoms with Gasteiger partial charge in [-0.05, 0) is 18.2 Å². The van der Waals surface area contributed by atoms with Crippen LogP contribution in [0.3, 0.4) is 0 Å². The van der Waals surface area contributed by atoms with Crippen molar-refractivity contribution in [2.75, 3.05) is 6.61 Å². The Morgan fingerprint density at radius 1 is 0.897 bits per heavy atom. The number of carboxylic acids is 1. The van der Waals surface area contributed by atoms with Crippen LogP contribution in [0.25, 0.3) is 0 Å². The van der Waals surface area contributed by atoms with Gasteiger partial charge in [0.15, 0.2) is 12.6 Å². The van der Waals surface area contributed by atoms with Crippen molar-refractivity contribution in [1.29, 1.82) is 0 Å². The lowest BCUT2D eigenvalue weighted by Gasteiger charge is -2.15. The van der Waals surface area contributed by atoms with Gasteiger partial charge in [-0.1, -0.05) is 63.5 Å². The van der Waals surface area contributed by atoms with Crippen LogP contribution in [0.4, 0.5) is 0 Å². The summed E-state index contributed by atoms with van der Waals surface area (Å²) >= 11 is 0. The molecule has 29 heavy (non-hydrogen) atoms. The zero-order valence-corrected chi connectivity index (χ0v) is 17.2. The topological polar surface area (TPSA) is 97.7 Å².